The van der Waals surface area contributed by atoms with E-state index >= 15 is 0 Å². The van der Waals surface area contributed by atoms with E-state index in [-0.39, 0.29) is 12.5 Å². The van der Waals surface area contributed by atoms with Crippen LogP contribution in [-0.2, 0) is 17.2 Å². The van der Waals surface area contributed by atoms with Gasteiger partial charge in [-0.1, -0.05) is 30.3 Å². The second-order valence-electron chi connectivity index (χ2n) is 5.27. The highest BCUT2D eigenvalue weighted by atomic mass is 35.5. The number of hydrogen-bond donors (Lipinski definition) is 1. The Morgan fingerprint density at radius 3 is 2.71 bits per heavy atom. The summed E-state index contributed by atoms with van der Waals surface area (Å²) in [4.78, 5) is 20.6. The van der Waals surface area contributed by atoms with Gasteiger partial charge >= 0.3 is 6.09 Å². The summed E-state index contributed by atoms with van der Waals surface area (Å²) in [5.74, 6) is 1.54. The fraction of sp³-hybridized carbons (Fsp3) is 0.235. The minimum absolute atomic E-state index is 0.114. The molecule has 3 rings (SSSR count). The van der Waals surface area contributed by atoms with Gasteiger partial charge < -0.3 is 9.15 Å². The van der Waals surface area contributed by atoms with E-state index in [1.165, 1.54) is 0 Å². The molecule has 0 atom stereocenters. The first kappa shape index (κ1) is 16.3. The Bertz CT molecular complexity index is 878. The lowest BCUT2D eigenvalue weighted by Crippen LogP contribution is -2.15. The summed E-state index contributed by atoms with van der Waals surface area (Å²) in [5.41, 5.74) is 2.16. The number of aromatic nitrogens is 2. The van der Waals surface area contributed by atoms with Crippen molar-refractivity contribution in [1.29, 1.82) is 0 Å². The van der Waals surface area contributed by atoms with Crippen LogP contribution in [0.5, 0.6) is 0 Å². The van der Waals surface area contributed by atoms with Crippen LogP contribution in [0.15, 0.2) is 34.7 Å². The number of furan rings is 1. The second-order valence-corrected chi connectivity index (χ2v) is 5.54. The van der Waals surface area contributed by atoms with E-state index in [9.17, 15) is 4.79 Å². The maximum absolute atomic E-state index is 12.1. The third kappa shape index (κ3) is 3.33. The molecule has 0 unspecified atom stereocenters. The molecule has 1 aromatic carbocycles. The fourth-order valence-corrected chi connectivity index (χ4v) is 2.42. The van der Waals surface area contributed by atoms with Gasteiger partial charge in [-0.25, -0.2) is 9.78 Å². The number of halogens is 1. The molecular weight excluding hydrogens is 330 g/mol. The molecule has 1 amide bonds. The summed E-state index contributed by atoms with van der Waals surface area (Å²) in [6.45, 7) is 3.88. The van der Waals surface area contributed by atoms with Crippen LogP contribution in [0, 0.1) is 13.8 Å². The molecular formula is C17H16ClN3O3. The molecule has 0 saturated carbocycles. The van der Waals surface area contributed by atoms with Crippen molar-refractivity contribution < 1.29 is 13.9 Å². The SMILES string of the molecule is Cc1oc2nc(CCl)nc(NC(=O)OCc3ccccc3)c2c1C. The summed E-state index contributed by atoms with van der Waals surface area (Å²) in [6, 6.07) is 9.43. The molecule has 2 aromatic heterocycles. The van der Waals surface area contributed by atoms with E-state index < -0.39 is 6.09 Å². The third-order valence-corrected chi connectivity index (χ3v) is 3.87. The van der Waals surface area contributed by atoms with Crippen LogP contribution in [-0.4, -0.2) is 16.1 Å². The maximum atomic E-state index is 12.1. The zero-order valence-electron chi connectivity index (χ0n) is 13.3. The topological polar surface area (TPSA) is 77.3 Å². The molecule has 24 heavy (non-hydrogen) atoms. The molecule has 0 bridgehead atoms. The van der Waals surface area contributed by atoms with Gasteiger partial charge in [-0.05, 0) is 19.4 Å². The zero-order chi connectivity index (χ0) is 17.1. The number of amides is 1. The number of ether oxygens (including phenoxy) is 1. The van der Waals surface area contributed by atoms with Crippen LogP contribution in [0.3, 0.4) is 0 Å². The number of benzene rings is 1. The van der Waals surface area contributed by atoms with Gasteiger partial charge in [0, 0.05) is 5.56 Å². The van der Waals surface area contributed by atoms with E-state index in [4.69, 9.17) is 20.8 Å². The summed E-state index contributed by atoms with van der Waals surface area (Å²) < 4.78 is 10.8. The highest BCUT2D eigenvalue weighted by Gasteiger charge is 2.18. The highest BCUT2D eigenvalue weighted by Crippen LogP contribution is 2.29. The van der Waals surface area contributed by atoms with Crippen LogP contribution in [0.25, 0.3) is 11.1 Å². The van der Waals surface area contributed by atoms with Gasteiger partial charge in [-0.15, -0.1) is 11.6 Å². The monoisotopic (exact) mass is 345 g/mol. The Hall–Kier alpha value is -2.60. The van der Waals surface area contributed by atoms with Crippen LogP contribution in [0.2, 0.25) is 0 Å². The predicted molar refractivity (Wildman–Crippen MR) is 91.1 cm³/mol. The Labute approximate surface area is 143 Å². The van der Waals surface area contributed by atoms with Crippen molar-refractivity contribution in [1.82, 2.24) is 9.97 Å². The summed E-state index contributed by atoms with van der Waals surface area (Å²) in [6.07, 6.45) is -0.599. The molecule has 0 aliphatic heterocycles. The Morgan fingerprint density at radius 2 is 2.00 bits per heavy atom. The quantitative estimate of drug-likeness (QED) is 0.712. The number of anilines is 1. The van der Waals surface area contributed by atoms with Crippen molar-refractivity contribution in [2.75, 3.05) is 5.32 Å². The largest absolute Gasteiger partial charge is 0.444 e. The van der Waals surface area contributed by atoms with Gasteiger partial charge in [0.15, 0.2) is 5.82 Å². The lowest BCUT2D eigenvalue weighted by atomic mass is 10.2. The van der Waals surface area contributed by atoms with Gasteiger partial charge in [0.2, 0.25) is 5.71 Å². The van der Waals surface area contributed by atoms with Crippen LogP contribution < -0.4 is 5.32 Å². The number of alkyl halides is 1. The summed E-state index contributed by atoms with van der Waals surface area (Å²) in [7, 11) is 0. The standard InChI is InChI=1S/C17H16ClN3O3/c1-10-11(2)24-16-14(10)15(19-13(8-18)20-16)21-17(22)23-9-12-6-4-3-5-7-12/h3-7H,8-9H2,1-2H3,(H,19,20,21,22). The molecule has 6 nitrogen and oxygen atoms in total. The van der Waals surface area contributed by atoms with Crippen LogP contribution in [0.1, 0.15) is 22.7 Å². The first-order chi connectivity index (χ1) is 11.6. The zero-order valence-corrected chi connectivity index (χ0v) is 14.1. The van der Waals surface area contributed by atoms with Gasteiger partial charge in [0.25, 0.3) is 0 Å². The summed E-state index contributed by atoms with van der Waals surface area (Å²) in [5, 5.41) is 3.30. The Kier molecular flexibility index (Phi) is 4.66. The van der Waals surface area contributed by atoms with Crippen LogP contribution in [0.4, 0.5) is 10.6 Å². The Morgan fingerprint density at radius 1 is 1.25 bits per heavy atom. The summed E-state index contributed by atoms with van der Waals surface area (Å²) >= 11 is 5.81. The highest BCUT2D eigenvalue weighted by molar-refractivity contribution is 6.16. The van der Waals surface area contributed by atoms with Crippen molar-refractivity contribution in [2.45, 2.75) is 26.3 Å². The van der Waals surface area contributed by atoms with E-state index in [0.29, 0.717) is 28.5 Å². The molecule has 7 heteroatoms. The second kappa shape index (κ2) is 6.88. The van der Waals surface area contributed by atoms with Crippen molar-refractivity contribution in [3.63, 3.8) is 0 Å². The molecule has 0 aliphatic carbocycles. The minimum atomic E-state index is -0.599. The van der Waals surface area contributed by atoms with Gasteiger partial charge in [-0.2, -0.15) is 4.98 Å². The van der Waals surface area contributed by atoms with E-state index in [1.807, 2.05) is 44.2 Å². The first-order valence-electron chi connectivity index (χ1n) is 7.38. The van der Waals surface area contributed by atoms with Crippen molar-refractivity contribution in [2.24, 2.45) is 0 Å². The number of nitrogens with zero attached hydrogens (tertiary/aromatic N) is 2. The van der Waals surface area contributed by atoms with Crippen molar-refractivity contribution in [3.8, 4) is 0 Å². The molecule has 0 saturated heterocycles. The number of carbonyl (C=O) groups is 1. The molecule has 0 radical (unpaired) electrons. The maximum Gasteiger partial charge on any atom is 0.413 e. The number of fused-ring (bicyclic) bond motifs is 1. The van der Waals surface area contributed by atoms with Gasteiger partial charge in [-0.3, -0.25) is 5.32 Å². The van der Waals surface area contributed by atoms with Crippen LogP contribution >= 0.6 is 11.6 Å². The molecule has 0 fully saturated rings. The van der Waals surface area contributed by atoms with Gasteiger partial charge in [0.05, 0.1) is 11.3 Å². The number of nitrogens with one attached hydrogen (secondary N) is 1. The lowest BCUT2D eigenvalue weighted by Gasteiger charge is -2.08. The van der Waals surface area contributed by atoms with E-state index in [0.717, 1.165) is 11.1 Å². The van der Waals surface area contributed by atoms with Crippen molar-refractivity contribution >= 4 is 34.6 Å². The number of carbonyl (C=O) groups excluding carboxylic acids is 1. The molecule has 0 aliphatic rings. The normalized spacial score (nSPS) is 10.8. The first-order valence-corrected chi connectivity index (χ1v) is 7.92. The number of aryl methyl sites for hydroxylation is 2. The average Bonchev–Trinajstić information content (AvgIpc) is 2.88. The number of rotatable bonds is 4. The fourth-order valence-electron chi connectivity index (χ4n) is 2.30. The Balaban J connectivity index is 1.82. The smallest absolute Gasteiger partial charge is 0.413 e. The molecule has 2 heterocycles. The molecule has 3 aromatic rings. The molecule has 124 valence electrons. The average molecular weight is 346 g/mol. The van der Waals surface area contributed by atoms with E-state index in [1.54, 1.807) is 0 Å². The third-order valence-electron chi connectivity index (χ3n) is 3.63. The predicted octanol–water partition coefficient (Wildman–Crippen LogP) is 4.33. The van der Waals surface area contributed by atoms with E-state index in [2.05, 4.69) is 15.3 Å². The van der Waals surface area contributed by atoms with Crippen molar-refractivity contribution in [3.05, 3.63) is 53.0 Å². The lowest BCUT2D eigenvalue weighted by molar-refractivity contribution is 0.155. The molecule has 1 N–H and O–H groups in total. The minimum Gasteiger partial charge on any atom is -0.444 e. The number of hydrogen-bond acceptors (Lipinski definition) is 5. The molecule has 0 spiro atoms. The van der Waals surface area contributed by atoms with Gasteiger partial charge in [0.1, 0.15) is 18.2 Å².